The van der Waals surface area contributed by atoms with Crippen LogP contribution >= 0.6 is 0 Å². The number of aryl methyl sites for hydroxylation is 1. The molecule has 0 aliphatic carbocycles. The number of nitrogens with one attached hydrogen (secondary N) is 1. The van der Waals surface area contributed by atoms with Gasteiger partial charge in [-0.3, -0.25) is 9.59 Å². The van der Waals surface area contributed by atoms with Gasteiger partial charge in [-0.05, 0) is 62.1 Å². The van der Waals surface area contributed by atoms with Crippen molar-refractivity contribution >= 4 is 27.3 Å². The van der Waals surface area contributed by atoms with Crippen molar-refractivity contribution < 1.29 is 22.7 Å². The highest BCUT2D eigenvalue weighted by Gasteiger charge is 2.26. The van der Waals surface area contributed by atoms with Crippen molar-refractivity contribution in [3.63, 3.8) is 0 Å². The van der Waals surface area contributed by atoms with Crippen molar-refractivity contribution in [1.82, 2.24) is 4.90 Å². The third-order valence-corrected chi connectivity index (χ3v) is 6.57. The van der Waals surface area contributed by atoms with Gasteiger partial charge in [0.1, 0.15) is 6.54 Å². The highest BCUT2D eigenvalue weighted by atomic mass is 32.2. The van der Waals surface area contributed by atoms with E-state index in [1.165, 1.54) is 23.1 Å². The average Bonchev–Trinajstić information content (AvgIpc) is 3.23. The fourth-order valence-corrected chi connectivity index (χ4v) is 4.21. The lowest BCUT2D eigenvalue weighted by Crippen LogP contribution is -2.42. The molecule has 8 heteroatoms. The Kier molecular flexibility index (Phi) is 7.12. The third-order valence-electron chi connectivity index (χ3n) is 5.46. The van der Waals surface area contributed by atoms with Crippen molar-refractivity contribution in [1.29, 1.82) is 0 Å². The first kappa shape index (κ1) is 23.0. The Morgan fingerprint density at radius 1 is 1.16 bits per heavy atom. The van der Waals surface area contributed by atoms with Gasteiger partial charge in [-0.2, -0.15) is 0 Å². The lowest BCUT2D eigenvalue weighted by atomic mass is 10.1. The van der Waals surface area contributed by atoms with Gasteiger partial charge in [0.05, 0.1) is 11.0 Å². The number of amides is 2. The number of hydrogen-bond donors (Lipinski definition) is 1. The van der Waals surface area contributed by atoms with Crippen LogP contribution in [0.15, 0.2) is 47.4 Å². The average molecular weight is 445 g/mol. The molecule has 0 spiro atoms. The molecule has 2 amide bonds. The maximum atomic E-state index is 13.2. The van der Waals surface area contributed by atoms with E-state index >= 15 is 0 Å². The number of hydrogen-bond acceptors (Lipinski definition) is 5. The highest BCUT2D eigenvalue weighted by molar-refractivity contribution is 7.90. The SMILES string of the molecule is Cc1cccc(NC(=O)CN(C[C@@H]2CCCO2)C(=O)c2cccc(S(C)(=O)=O)c2)c1C. The predicted octanol–water partition coefficient (Wildman–Crippen LogP) is 2.97. The molecule has 0 radical (unpaired) electrons. The van der Waals surface area contributed by atoms with E-state index in [0.29, 0.717) is 12.3 Å². The van der Waals surface area contributed by atoms with Gasteiger partial charge in [0.25, 0.3) is 5.91 Å². The lowest BCUT2D eigenvalue weighted by Gasteiger charge is -2.25. The summed E-state index contributed by atoms with van der Waals surface area (Å²) >= 11 is 0. The second-order valence-corrected chi connectivity index (χ2v) is 9.93. The fourth-order valence-electron chi connectivity index (χ4n) is 3.55. The van der Waals surface area contributed by atoms with Gasteiger partial charge in [0, 0.05) is 30.7 Å². The number of rotatable bonds is 7. The molecule has 1 aliphatic rings. The molecule has 0 bridgehead atoms. The monoisotopic (exact) mass is 444 g/mol. The number of benzene rings is 2. The summed E-state index contributed by atoms with van der Waals surface area (Å²) in [5.41, 5.74) is 2.95. The molecule has 3 rings (SSSR count). The minimum absolute atomic E-state index is 0.0650. The molecule has 1 atom stereocenters. The van der Waals surface area contributed by atoms with Crippen molar-refractivity contribution in [2.75, 3.05) is 31.3 Å². The number of nitrogens with zero attached hydrogens (tertiary/aromatic N) is 1. The van der Waals surface area contributed by atoms with Crippen molar-refractivity contribution in [3.05, 3.63) is 59.2 Å². The minimum Gasteiger partial charge on any atom is -0.376 e. The summed E-state index contributed by atoms with van der Waals surface area (Å²) in [5, 5.41) is 2.88. The standard InChI is InChI=1S/C23H28N2O5S/c1-16-7-4-11-21(17(16)2)24-22(26)15-25(14-19-9-6-12-30-19)23(27)18-8-5-10-20(13-18)31(3,28)29/h4-5,7-8,10-11,13,19H,6,9,12,14-15H2,1-3H3,(H,24,26)/t19-/m0/s1. The molecule has 2 aromatic rings. The van der Waals surface area contributed by atoms with Crippen LogP contribution in [-0.4, -0.2) is 57.2 Å². The molecular weight excluding hydrogens is 416 g/mol. The van der Waals surface area contributed by atoms with E-state index < -0.39 is 15.7 Å². The van der Waals surface area contributed by atoms with Gasteiger partial charge >= 0.3 is 0 Å². The minimum atomic E-state index is -3.45. The Labute approximate surface area is 183 Å². The summed E-state index contributed by atoms with van der Waals surface area (Å²) < 4.78 is 29.4. The van der Waals surface area contributed by atoms with Gasteiger partial charge < -0.3 is 15.0 Å². The maximum Gasteiger partial charge on any atom is 0.254 e. The molecule has 1 fully saturated rings. The number of ether oxygens (including phenoxy) is 1. The lowest BCUT2D eigenvalue weighted by molar-refractivity contribution is -0.117. The molecule has 0 saturated carbocycles. The summed E-state index contributed by atoms with van der Waals surface area (Å²) in [6, 6.07) is 11.5. The third kappa shape index (κ3) is 5.92. The second-order valence-electron chi connectivity index (χ2n) is 7.92. The van der Waals surface area contributed by atoms with Gasteiger partial charge in [-0.25, -0.2) is 8.42 Å². The molecule has 31 heavy (non-hydrogen) atoms. The van der Waals surface area contributed by atoms with Crippen molar-refractivity contribution in [2.45, 2.75) is 37.7 Å². The Hall–Kier alpha value is -2.71. The van der Waals surface area contributed by atoms with E-state index in [1.807, 2.05) is 32.0 Å². The van der Waals surface area contributed by atoms with E-state index in [0.717, 1.165) is 30.2 Å². The number of anilines is 1. The molecule has 1 aliphatic heterocycles. The molecule has 0 aromatic heterocycles. The number of carbonyl (C=O) groups is 2. The molecule has 7 nitrogen and oxygen atoms in total. The Morgan fingerprint density at radius 3 is 2.58 bits per heavy atom. The molecule has 0 unspecified atom stereocenters. The van der Waals surface area contributed by atoms with Crippen LogP contribution in [0.4, 0.5) is 5.69 Å². The van der Waals surface area contributed by atoms with E-state index in [9.17, 15) is 18.0 Å². The summed E-state index contributed by atoms with van der Waals surface area (Å²) in [6.07, 6.45) is 2.67. The first-order valence-corrected chi connectivity index (χ1v) is 12.1. The Morgan fingerprint density at radius 2 is 1.90 bits per heavy atom. The first-order valence-electron chi connectivity index (χ1n) is 10.2. The summed E-state index contributed by atoms with van der Waals surface area (Å²) in [7, 11) is -3.45. The molecular formula is C23H28N2O5S. The zero-order chi connectivity index (χ0) is 22.6. The van der Waals surface area contributed by atoms with Crippen LogP contribution in [0, 0.1) is 13.8 Å². The van der Waals surface area contributed by atoms with E-state index in [2.05, 4.69) is 5.32 Å². The highest BCUT2D eigenvalue weighted by Crippen LogP contribution is 2.20. The van der Waals surface area contributed by atoms with Gasteiger partial charge in [0.15, 0.2) is 9.84 Å². The molecule has 1 heterocycles. The van der Waals surface area contributed by atoms with Crippen LogP contribution in [0.2, 0.25) is 0 Å². The summed E-state index contributed by atoms with van der Waals surface area (Å²) in [5.74, 6) is -0.726. The zero-order valence-corrected chi connectivity index (χ0v) is 18.9. The summed E-state index contributed by atoms with van der Waals surface area (Å²) in [4.78, 5) is 27.5. The smallest absolute Gasteiger partial charge is 0.254 e. The normalized spacial score (nSPS) is 16.2. The van der Waals surface area contributed by atoms with Crippen LogP contribution < -0.4 is 5.32 Å². The van der Waals surface area contributed by atoms with Crippen LogP contribution in [-0.2, 0) is 19.4 Å². The molecule has 1 saturated heterocycles. The number of sulfone groups is 1. The van der Waals surface area contributed by atoms with Crippen LogP contribution in [0.1, 0.15) is 34.3 Å². The van der Waals surface area contributed by atoms with Gasteiger partial charge in [0.2, 0.25) is 5.91 Å². The van der Waals surface area contributed by atoms with Crippen LogP contribution in [0.3, 0.4) is 0 Å². The predicted molar refractivity (Wildman–Crippen MR) is 119 cm³/mol. The fraction of sp³-hybridized carbons (Fsp3) is 0.391. The molecule has 166 valence electrons. The summed E-state index contributed by atoms with van der Waals surface area (Å²) in [6.45, 7) is 4.63. The van der Waals surface area contributed by atoms with Crippen molar-refractivity contribution in [3.8, 4) is 0 Å². The van der Waals surface area contributed by atoms with Gasteiger partial charge in [-0.15, -0.1) is 0 Å². The van der Waals surface area contributed by atoms with Crippen LogP contribution in [0.5, 0.6) is 0 Å². The van der Waals surface area contributed by atoms with Crippen molar-refractivity contribution in [2.24, 2.45) is 0 Å². The Balaban J connectivity index is 1.81. The van der Waals surface area contributed by atoms with Gasteiger partial charge in [-0.1, -0.05) is 18.2 Å². The Bertz CT molecular complexity index is 1080. The first-order chi connectivity index (χ1) is 14.6. The molecule has 2 aromatic carbocycles. The zero-order valence-electron chi connectivity index (χ0n) is 18.1. The van der Waals surface area contributed by atoms with E-state index in [1.54, 1.807) is 6.07 Å². The van der Waals surface area contributed by atoms with E-state index in [-0.39, 0.29) is 35.6 Å². The quantitative estimate of drug-likeness (QED) is 0.709. The second kappa shape index (κ2) is 9.62. The van der Waals surface area contributed by atoms with E-state index in [4.69, 9.17) is 4.74 Å². The number of carbonyl (C=O) groups excluding carboxylic acids is 2. The largest absolute Gasteiger partial charge is 0.376 e. The topological polar surface area (TPSA) is 92.8 Å². The van der Waals surface area contributed by atoms with Crippen LogP contribution in [0.25, 0.3) is 0 Å². The molecule has 1 N–H and O–H groups in total. The maximum absolute atomic E-state index is 13.2.